The number of para-hydroxylation sites is 1. The van der Waals surface area contributed by atoms with Crippen molar-refractivity contribution in [3.05, 3.63) is 30.3 Å². The molecule has 2 aliphatic rings. The van der Waals surface area contributed by atoms with E-state index >= 15 is 0 Å². The Morgan fingerprint density at radius 1 is 1.18 bits per heavy atom. The smallest absolute Gasteiger partial charge is 0.246 e. The minimum absolute atomic E-state index is 0.113. The van der Waals surface area contributed by atoms with Crippen LogP contribution in [0.5, 0.6) is 0 Å². The van der Waals surface area contributed by atoms with Gasteiger partial charge in [0.2, 0.25) is 5.91 Å². The van der Waals surface area contributed by atoms with E-state index in [2.05, 4.69) is 26.8 Å². The van der Waals surface area contributed by atoms with Gasteiger partial charge in [-0.3, -0.25) is 20.4 Å². The maximum Gasteiger partial charge on any atom is 0.246 e. The van der Waals surface area contributed by atoms with Crippen molar-refractivity contribution in [1.29, 1.82) is 0 Å². The van der Waals surface area contributed by atoms with Gasteiger partial charge in [-0.25, -0.2) is 0 Å². The summed E-state index contributed by atoms with van der Waals surface area (Å²) in [5, 5.41) is 0. The maximum atomic E-state index is 13.0. The van der Waals surface area contributed by atoms with Crippen molar-refractivity contribution < 1.29 is 9.59 Å². The van der Waals surface area contributed by atoms with Crippen LogP contribution in [0.1, 0.15) is 33.6 Å². The number of Topliss-reactive ketones (excluding diaryl/α,β-unsaturated/α-hetero) is 1. The number of hydrogen-bond acceptors (Lipinski definition) is 3. The van der Waals surface area contributed by atoms with Gasteiger partial charge in [0.15, 0.2) is 5.78 Å². The second-order valence-electron chi connectivity index (χ2n) is 7.10. The quantitative estimate of drug-likeness (QED) is 0.638. The molecular weight excluding hydrogens is 344 g/mol. The van der Waals surface area contributed by atoms with Crippen LogP contribution in [0.4, 0.5) is 5.69 Å². The van der Waals surface area contributed by atoms with Gasteiger partial charge in [0.1, 0.15) is 0 Å². The summed E-state index contributed by atoms with van der Waals surface area (Å²) in [5.74, 6) is 0.0383. The maximum absolute atomic E-state index is 13.0. The summed E-state index contributed by atoms with van der Waals surface area (Å²) < 4.78 is 0. The molecule has 2 saturated carbocycles. The molecular formula is C17H21BrN2O2. The van der Waals surface area contributed by atoms with Crippen LogP contribution in [-0.2, 0) is 9.59 Å². The highest BCUT2D eigenvalue weighted by molar-refractivity contribution is 9.10. The Hall–Kier alpha value is -1.36. The van der Waals surface area contributed by atoms with Crippen molar-refractivity contribution in [2.24, 2.45) is 16.2 Å². The predicted molar refractivity (Wildman–Crippen MR) is 89.5 cm³/mol. The van der Waals surface area contributed by atoms with Crippen LogP contribution >= 0.6 is 15.9 Å². The minimum Gasteiger partial charge on any atom is -0.299 e. The summed E-state index contributed by atoms with van der Waals surface area (Å²) in [5.41, 5.74) is 5.06. The van der Waals surface area contributed by atoms with Gasteiger partial charge < -0.3 is 0 Å². The molecule has 2 bridgehead atoms. The summed E-state index contributed by atoms with van der Waals surface area (Å²) in [6.45, 7) is 6.08. The van der Waals surface area contributed by atoms with Crippen LogP contribution < -0.4 is 10.9 Å². The molecule has 0 aliphatic heterocycles. The van der Waals surface area contributed by atoms with Crippen molar-refractivity contribution >= 4 is 33.3 Å². The molecule has 3 rings (SSSR count). The van der Waals surface area contributed by atoms with Gasteiger partial charge in [-0.15, -0.1) is 0 Å². The Morgan fingerprint density at radius 2 is 1.82 bits per heavy atom. The van der Waals surface area contributed by atoms with Gasteiger partial charge in [0, 0.05) is 5.41 Å². The fourth-order valence-electron chi connectivity index (χ4n) is 4.22. The van der Waals surface area contributed by atoms with E-state index in [-0.39, 0.29) is 17.1 Å². The molecule has 0 aromatic heterocycles. The molecule has 0 heterocycles. The summed E-state index contributed by atoms with van der Waals surface area (Å²) in [7, 11) is 0. The first-order valence-corrected chi connectivity index (χ1v) is 8.49. The summed E-state index contributed by atoms with van der Waals surface area (Å²) in [6.07, 6.45) is 1.49. The van der Waals surface area contributed by atoms with Gasteiger partial charge in [-0.1, -0.05) is 54.9 Å². The number of nitrogens with one attached hydrogen (secondary N) is 2. The molecule has 0 saturated heterocycles. The van der Waals surface area contributed by atoms with E-state index in [0.29, 0.717) is 0 Å². The number of hydrazine groups is 1. The van der Waals surface area contributed by atoms with Crippen molar-refractivity contribution in [3.63, 3.8) is 0 Å². The number of rotatable bonds is 3. The average molecular weight is 365 g/mol. The van der Waals surface area contributed by atoms with Gasteiger partial charge in [0.05, 0.1) is 15.9 Å². The SMILES string of the molecule is CC12CCC(C(=O)NNc3ccccc3)([C@H](Br)C1=O)C2(C)C. The van der Waals surface area contributed by atoms with Crippen LogP contribution in [0.3, 0.4) is 0 Å². The number of anilines is 1. The zero-order valence-electron chi connectivity index (χ0n) is 13.1. The number of carbonyl (C=O) groups is 2. The molecule has 3 atom stereocenters. The topological polar surface area (TPSA) is 58.2 Å². The third kappa shape index (κ3) is 1.69. The first-order valence-electron chi connectivity index (χ1n) is 7.57. The largest absolute Gasteiger partial charge is 0.299 e. The van der Waals surface area contributed by atoms with E-state index in [1.54, 1.807) is 0 Å². The third-order valence-electron chi connectivity index (χ3n) is 6.22. The van der Waals surface area contributed by atoms with Crippen molar-refractivity contribution in [2.75, 3.05) is 5.43 Å². The number of amides is 1. The number of hydrogen-bond donors (Lipinski definition) is 2. The Kier molecular flexibility index (Phi) is 3.40. The molecule has 5 heteroatoms. The lowest BCUT2D eigenvalue weighted by Gasteiger charge is -2.39. The fraction of sp³-hybridized carbons (Fsp3) is 0.529. The normalized spacial score (nSPS) is 35.5. The first-order chi connectivity index (χ1) is 10.3. The molecule has 1 amide bonds. The van der Waals surface area contributed by atoms with Crippen LogP contribution in [0.25, 0.3) is 0 Å². The van der Waals surface area contributed by atoms with E-state index in [9.17, 15) is 9.59 Å². The number of benzene rings is 1. The minimum atomic E-state index is -0.708. The van der Waals surface area contributed by atoms with Crippen LogP contribution in [0.15, 0.2) is 30.3 Å². The molecule has 1 aromatic carbocycles. The summed E-state index contributed by atoms with van der Waals surface area (Å²) in [4.78, 5) is 25.2. The van der Waals surface area contributed by atoms with Crippen molar-refractivity contribution in [3.8, 4) is 0 Å². The molecule has 4 nitrogen and oxygen atoms in total. The van der Waals surface area contributed by atoms with Gasteiger partial charge in [-0.05, 0) is 30.4 Å². The Bertz CT molecular complexity index is 631. The Labute approximate surface area is 139 Å². The van der Waals surface area contributed by atoms with E-state index < -0.39 is 15.7 Å². The molecule has 0 radical (unpaired) electrons. The molecule has 0 spiro atoms. The van der Waals surface area contributed by atoms with E-state index in [1.807, 2.05) is 51.1 Å². The number of fused-ring (bicyclic) bond motifs is 2. The highest BCUT2D eigenvalue weighted by Gasteiger charge is 2.76. The Balaban J connectivity index is 1.87. The number of alkyl halides is 1. The molecule has 118 valence electrons. The monoisotopic (exact) mass is 364 g/mol. The molecule has 22 heavy (non-hydrogen) atoms. The number of ketones is 1. The molecule has 2 aliphatic carbocycles. The Morgan fingerprint density at radius 3 is 2.36 bits per heavy atom. The first kappa shape index (κ1) is 15.5. The summed E-state index contributed by atoms with van der Waals surface area (Å²) >= 11 is 3.52. The summed E-state index contributed by atoms with van der Waals surface area (Å²) in [6, 6.07) is 9.48. The van der Waals surface area contributed by atoms with E-state index in [0.717, 1.165) is 18.5 Å². The zero-order valence-corrected chi connectivity index (χ0v) is 14.7. The zero-order chi connectivity index (χ0) is 16.2. The standard InChI is InChI=1S/C17H21BrN2O2/c1-15(2)16(3)9-10-17(15,12(18)13(16)21)14(22)20-19-11-7-5-4-6-8-11/h4-8,12,19H,9-10H2,1-3H3,(H,20,22)/t12-,16?,17?/m1/s1. The molecule has 1 aromatic rings. The predicted octanol–water partition coefficient (Wildman–Crippen LogP) is 3.29. The lowest BCUT2D eigenvalue weighted by atomic mass is 9.64. The molecule has 2 unspecified atom stereocenters. The van der Waals surface area contributed by atoms with Gasteiger partial charge in [-0.2, -0.15) is 0 Å². The third-order valence-corrected chi connectivity index (χ3v) is 7.42. The second-order valence-corrected chi connectivity index (χ2v) is 8.02. The lowest BCUT2D eigenvalue weighted by molar-refractivity contribution is -0.135. The highest BCUT2D eigenvalue weighted by Crippen LogP contribution is 2.72. The van der Waals surface area contributed by atoms with Gasteiger partial charge in [0.25, 0.3) is 0 Å². The highest BCUT2D eigenvalue weighted by atomic mass is 79.9. The number of halogens is 1. The van der Waals surface area contributed by atoms with E-state index in [1.165, 1.54) is 0 Å². The van der Waals surface area contributed by atoms with Crippen LogP contribution in [-0.4, -0.2) is 16.5 Å². The van der Waals surface area contributed by atoms with Crippen LogP contribution in [0.2, 0.25) is 0 Å². The molecule has 2 N–H and O–H groups in total. The van der Waals surface area contributed by atoms with E-state index in [4.69, 9.17) is 0 Å². The van der Waals surface area contributed by atoms with Crippen molar-refractivity contribution in [1.82, 2.24) is 5.43 Å². The van der Waals surface area contributed by atoms with Crippen LogP contribution in [0, 0.1) is 16.2 Å². The fourth-order valence-corrected chi connectivity index (χ4v) is 5.73. The lowest BCUT2D eigenvalue weighted by Crippen LogP contribution is -2.52. The average Bonchev–Trinajstić information content (AvgIpc) is 2.78. The van der Waals surface area contributed by atoms with Gasteiger partial charge >= 0.3 is 0 Å². The molecule has 2 fully saturated rings. The number of carbonyl (C=O) groups excluding carboxylic acids is 2. The van der Waals surface area contributed by atoms with Crippen molar-refractivity contribution in [2.45, 2.75) is 38.4 Å². The second kappa shape index (κ2) is 4.82.